The van der Waals surface area contributed by atoms with E-state index in [-0.39, 0.29) is 16.7 Å². The van der Waals surface area contributed by atoms with Crippen LogP contribution in [0.15, 0.2) is 63.9 Å². The maximum Gasteiger partial charge on any atom is 0.247 e. The summed E-state index contributed by atoms with van der Waals surface area (Å²) in [5.41, 5.74) is 0.399. The van der Waals surface area contributed by atoms with Crippen molar-refractivity contribution in [2.45, 2.75) is 10.6 Å². The van der Waals surface area contributed by atoms with Crippen molar-refractivity contribution in [3.8, 4) is 11.5 Å². The number of nitrogens with zero attached hydrogens (tertiary/aromatic N) is 2. The van der Waals surface area contributed by atoms with Gasteiger partial charge in [0, 0.05) is 5.56 Å². The van der Waals surface area contributed by atoms with Gasteiger partial charge in [-0.3, -0.25) is 0 Å². The van der Waals surface area contributed by atoms with E-state index in [9.17, 15) is 12.8 Å². The van der Waals surface area contributed by atoms with Crippen LogP contribution in [0.3, 0.4) is 0 Å². The molecule has 3 aromatic rings. The Hall–Kier alpha value is -2.54. The van der Waals surface area contributed by atoms with Crippen LogP contribution in [0.2, 0.25) is 0 Å². The lowest BCUT2D eigenvalue weighted by Gasteiger charge is -2.00. The fourth-order valence-electron chi connectivity index (χ4n) is 1.92. The SMILES string of the molecule is O=S(=O)(Cc1nnc(-c2cccc(F)c2)o1)c1ccccc1. The van der Waals surface area contributed by atoms with Gasteiger partial charge in [0.1, 0.15) is 11.6 Å². The van der Waals surface area contributed by atoms with Crippen LogP contribution in [-0.4, -0.2) is 18.6 Å². The molecule has 7 heteroatoms. The smallest absolute Gasteiger partial charge is 0.247 e. The Morgan fingerprint density at radius 3 is 2.50 bits per heavy atom. The summed E-state index contributed by atoms with van der Waals surface area (Å²) < 4.78 is 42.9. The molecule has 0 saturated heterocycles. The minimum absolute atomic E-state index is 0.0388. The summed E-state index contributed by atoms with van der Waals surface area (Å²) in [6.07, 6.45) is 0. The van der Waals surface area contributed by atoms with Gasteiger partial charge in [0.05, 0.1) is 4.90 Å². The highest BCUT2D eigenvalue weighted by Crippen LogP contribution is 2.21. The van der Waals surface area contributed by atoms with Crippen LogP contribution in [0.25, 0.3) is 11.5 Å². The molecule has 0 aliphatic heterocycles. The van der Waals surface area contributed by atoms with E-state index in [0.717, 1.165) is 0 Å². The first-order valence-corrected chi connectivity index (χ1v) is 8.06. The highest BCUT2D eigenvalue weighted by molar-refractivity contribution is 7.90. The van der Waals surface area contributed by atoms with Gasteiger partial charge >= 0.3 is 0 Å². The minimum Gasteiger partial charge on any atom is -0.420 e. The molecule has 0 N–H and O–H groups in total. The van der Waals surface area contributed by atoms with E-state index in [0.29, 0.717) is 5.56 Å². The van der Waals surface area contributed by atoms with Crippen molar-refractivity contribution < 1.29 is 17.2 Å². The molecule has 0 aliphatic rings. The standard InChI is InChI=1S/C15H11FN2O3S/c16-12-6-4-5-11(9-12)15-18-17-14(21-15)10-22(19,20)13-7-2-1-3-8-13/h1-9H,10H2. The lowest BCUT2D eigenvalue weighted by Crippen LogP contribution is -2.04. The zero-order chi connectivity index (χ0) is 15.6. The maximum absolute atomic E-state index is 13.2. The molecule has 0 aliphatic carbocycles. The topological polar surface area (TPSA) is 73.1 Å². The molecule has 22 heavy (non-hydrogen) atoms. The number of hydrogen-bond acceptors (Lipinski definition) is 5. The first-order chi connectivity index (χ1) is 10.5. The lowest BCUT2D eigenvalue weighted by atomic mass is 10.2. The molecule has 1 aromatic heterocycles. The van der Waals surface area contributed by atoms with Crippen LogP contribution >= 0.6 is 0 Å². The van der Waals surface area contributed by atoms with Crippen molar-refractivity contribution in [3.63, 3.8) is 0 Å². The minimum atomic E-state index is -3.56. The average molecular weight is 318 g/mol. The average Bonchev–Trinajstić information content (AvgIpc) is 2.96. The summed E-state index contributed by atoms with van der Waals surface area (Å²) in [7, 11) is -3.56. The third kappa shape index (κ3) is 3.04. The van der Waals surface area contributed by atoms with E-state index in [1.165, 1.54) is 30.3 Å². The summed E-state index contributed by atoms with van der Waals surface area (Å²) >= 11 is 0. The largest absolute Gasteiger partial charge is 0.420 e. The molecule has 0 saturated carbocycles. The monoisotopic (exact) mass is 318 g/mol. The molecule has 3 rings (SSSR count). The summed E-state index contributed by atoms with van der Waals surface area (Å²) in [6, 6.07) is 13.6. The van der Waals surface area contributed by atoms with Crippen molar-refractivity contribution in [2.75, 3.05) is 0 Å². The zero-order valence-electron chi connectivity index (χ0n) is 11.3. The molecule has 0 spiro atoms. The predicted molar refractivity (Wildman–Crippen MR) is 77.0 cm³/mol. The first-order valence-electron chi connectivity index (χ1n) is 6.41. The molecular formula is C15H11FN2O3S. The number of hydrogen-bond donors (Lipinski definition) is 0. The van der Waals surface area contributed by atoms with Gasteiger partial charge in [-0.05, 0) is 30.3 Å². The molecule has 0 fully saturated rings. The van der Waals surface area contributed by atoms with Gasteiger partial charge < -0.3 is 4.42 Å². The summed E-state index contributed by atoms with van der Waals surface area (Å²) in [4.78, 5) is 0.181. The zero-order valence-corrected chi connectivity index (χ0v) is 12.1. The Bertz CT molecular complexity index is 892. The number of rotatable bonds is 4. The fraction of sp³-hybridized carbons (Fsp3) is 0.0667. The van der Waals surface area contributed by atoms with Crippen LogP contribution in [0.1, 0.15) is 5.89 Å². The van der Waals surface area contributed by atoms with E-state index in [1.807, 2.05) is 0 Å². The van der Waals surface area contributed by atoms with Crippen molar-refractivity contribution in [2.24, 2.45) is 0 Å². The van der Waals surface area contributed by atoms with Crippen LogP contribution in [0, 0.1) is 5.82 Å². The van der Waals surface area contributed by atoms with E-state index in [2.05, 4.69) is 10.2 Å². The van der Waals surface area contributed by atoms with Gasteiger partial charge in [-0.15, -0.1) is 10.2 Å². The van der Waals surface area contributed by atoms with Crippen molar-refractivity contribution in [1.29, 1.82) is 0 Å². The van der Waals surface area contributed by atoms with Crippen LogP contribution in [-0.2, 0) is 15.6 Å². The van der Waals surface area contributed by atoms with E-state index >= 15 is 0 Å². The number of aromatic nitrogens is 2. The molecular weight excluding hydrogens is 307 g/mol. The van der Waals surface area contributed by atoms with E-state index < -0.39 is 21.4 Å². The second-order valence-corrected chi connectivity index (χ2v) is 6.57. The first kappa shape index (κ1) is 14.4. The van der Waals surface area contributed by atoms with Crippen LogP contribution in [0.4, 0.5) is 4.39 Å². The highest BCUT2D eigenvalue weighted by atomic mass is 32.2. The maximum atomic E-state index is 13.2. The second-order valence-electron chi connectivity index (χ2n) is 4.58. The van der Waals surface area contributed by atoms with Gasteiger partial charge in [-0.25, -0.2) is 12.8 Å². The van der Waals surface area contributed by atoms with E-state index in [1.54, 1.807) is 24.3 Å². The highest BCUT2D eigenvalue weighted by Gasteiger charge is 2.19. The third-order valence-electron chi connectivity index (χ3n) is 2.95. The van der Waals surface area contributed by atoms with E-state index in [4.69, 9.17) is 4.42 Å². The Labute approximate surface area is 126 Å². The Balaban J connectivity index is 1.86. The lowest BCUT2D eigenvalue weighted by molar-refractivity contribution is 0.517. The molecule has 0 radical (unpaired) electrons. The molecule has 2 aromatic carbocycles. The van der Waals surface area contributed by atoms with Crippen LogP contribution < -0.4 is 0 Å². The Kier molecular flexibility index (Phi) is 3.72. The Morgan fingerprint density at radius 2 is 1.77 bits per heavy atom. The van der Waals surface area contributed by atoms with Gasteiger partial charge in [0.2, 0.25) is 11.8 Å². The molecule has 0 amide bonds. The van der Waals surface area contributed by atoms with Crippen molar-refractivity contribution >= 4 is 9.84 Å². The second kappa shape index (κ2) is 5.69. The number of halogens is 1. The summed E-state index contributed by atoms with van der Waals surface area (Å²) in [5.74, 6) is -0.797. The molecule has 1 heterocycles. The predicted octanol–water partition coefficient (Wildman–Crippen LogP) is 2.85. The summed E-state index contributed by atoms with van der Waals surface area (Å²) in [6.45, 7) is 0. The van der Waals surface area contributed by atoms with Gasteiger partial charge in [-0.2, -0.15) is 0 Å². The number of sulfone groups is 1. The van der Waals surface area contributed by atoms with Crippen LogP contribution in [0.5, 0.6) is 0 Å². The van der Waals surface area contributed by atoms with Gasteiger partial charge in [-0.1, -0.05) is 24.3 Å². The van der Waals surface area contributed by atoms with Gasteiger partial charge in [0.25, 0.3) is 0 Å². The summed E-state index contributed by atoms with van der Waals surface area (Å²) in [5, 5.41) is 7.47. The molecule has 0 atom stereocenters. The normalized spacial score (nSPS) is 11.5. The van der Waals surface area contributed by atoms with Gasteiger partial charge in [0.15, 0.2) is 9.84 Å². The quantitative estimate of drug-likeness (QED) is 0.739. The van der Waals surface area contributed by atoms with Crippen molar-refractivity contribution in [1.82, 2.24) is 10.2 Å². The molecule has 5 nitrogen and oxygen atoms in total. The third-order valence-corrected chi connectivity index (χ3v) is 4.57. The fourth-order valence-corrected chi connectivity index (χ4v) is 3.10. The molecule has 0 unspecified atom stereocenters. The van der Waals surface area contributed by atoms with Crippen molar-refractivity contribution in [3.05, 3.63) is 66.3 Å². The molecule has 0 bridgehead atoms. The number of benzene rings is 2. The Morgan fingerprint density at radius 1 is 1.00 bits per heavy atom. The molecule has 112 valence electrons.